The van der Waals surface area contributed by atoms with Gasteiger partial charge in [-0.25, -0.2) is 0 Å². The van der Waals surface area contributed by atoms with Gasteiger partial charge in [-0.3, -0.25) is 0 Å². The number of rotatable bonds is 3. The van der Waals surface area contributed by atoms with Crippen molar-refractivity contribution in [1.29, 1.82) is 0 Å². The van der Waals surface area contributed by atoms with Gasteiger partial charge >= 0.3 is 0 Å². The van der Waals surface area contributed by atoms with Crippen LogP contribution in [0.4, 0.5) is 11.5 Å². The van der Waals surface area contributed by atoms with E-state index >= 15 is 0 Å². The molecule has 0 saturated heterocycles. The minimum Gasteiger partial charge on any atom is -0.470 e. The fraction of sp³-hybridized carbons (Fsp3) is 0.706. The molecule has 1 aromatic rings. The third kappa shape index (κ3) is 2.25. The fourth-order valence-electron chi connectivity index (χ4n) is 4.59. The standard InChI is InChI=1S/C17H25N3O/c1-17(2,3)21-16-11(18)6-7-12(20-16)19-15-13-9-4-5-10(8-9)14(13)15/h6-7,9-10,13-15H,4-5,8,18H2,1-3H3,(H,19,20). The van der Waals surface area contributed by atoms with Crippen LogP contribution in [0.5, 0.6) is 5.88 Å². The molecule has 2 bridgehead atoms. The highest BCUT2D eigenvalue weighted by molar-refractivity contribution is 5.54. The Morgan fingerprint density at radius 1 is 1.19 bits per heavy atom. The molecule has 21 heavy (non-hydrogen) atoms. The quantitative estimate of drug-likeness (QED) is 0.895. The number of nitrogens with one attached hydrogen (secondary N) is 1. The van der Waals surface area contributed by atoms with Crippen LogP contribution in [0.3, 0.4) is 0 Å². The highest BCUT2D eigenvalue weighted by Gasteiger charge is 2.65. The first-order valence-corrected chi connectivity index (χ1v) is 8.14. The van der Waals surface area contributed by atoms with Crippen molar-refractivity contribution in [2.75, 3.05) is 11.1 Å². The molecule has 0 spiro atoms. The number of hydrogen-bond acceptors (Lipinski definition) is 4. The molecule has 0 amide bonds. The van der Waals surface area contributed by atoms with Gasteiger partial charge in [-0.15, -0.1) is 0 Å². The van der Waals surface area contributed by atoms with Crippen LogP contribution in [-0.2, 0) is 0 Å². The molecule has 3 fully saturated rings. The van der Waals surface area contributed by atoms with E-state index in [0.29, 0.717) is 17.6 Å². The highest BCUT2D eigenvalue weighted by Crippen LogP contribution is 2.66. The maximum Gasteiger partial charge on any atom is 0.239 e. The van der Waals surface area contributed by atoms with Crippen molar-refractivity contribution in [3.8, 4) is 5.88 Å². The van der Waals surface area contributed by atoms with Gasteiger partial charge in [0.2, 0.25) is 5.88 Å². The first kappa shape index (κ1) is 13.2. The van der Waals surface area contributed by atoms with Gasteiger partial charge in [0.05, 0.1) is 5.69 Å². The van der Waals surface area contributed by atoms with Crippen LogP contribution in [0.25, 0.3) is 0 Å². The van der Waals surface area contributed by atoms with Gasteiger partial charge in [0, 0.05) is 6.04 Å². The Labute approximate surface area is 126 Å². The van der Waals surface area contributed by atoms with E-state index in [-0.39, 0.29) is 5.60 Å². The number of fused-ring (bicyclic) bond motifs is 5. The summed E-state index contributed by atoms with van der Waals surface area (Å²) in [5.74, 6) is 5.18. The summed E-state index contributed by atoms with van der Waals surface area (Å²) in [6, 6.07) is 4.50. The molecule has 4 unspecified atom stereocenters. The SMILES string of the molecule is CC(C)(C)Oc1nc(NC2C3C4CCC(C4)C23)ccc1N. The normalized spacial score (nSPS) is 36.4. The van der Waals surface area contributed by atoms with Crippen molar-refractivity contribution < 1.29 is 4.74 Å². The van der Waals surface area contributed by atoms with Gasteiger partial charge in [-0.1, -0.05) is 0 Å². The largest absolute Gasteiger partial charge is 0.470 e. The van der Waals surface area contributed by atoms with Gasteiger partial charge in [0.1, 0.15) is 11.4 Å². The molecule has 4 rings (SSSR count). The molecule has 4 nitrogen and oxygen atoms in total. The lowest BCUT2D eigenvalue weighted by Gasteiger charge is -2.22. The van der Waals surface area contributed by atoms with Gasteiger partial charge in [-0.05, 0) is 75.8 Å². The summed E-state index contributed by atoms with van der Waals surface area (Å²) < 4.78 is 5.85. The van der Waals surface area contributed by atoms with Crippen LogP contribution in [0.1, 0.15) is 40.0 Å². The first-order valence-electron chi connectivity index (χ1n) is 8.14. The smallest absolute Gasteiger partial charge is 0.239 e. The molecule has 1 heterocycles. The second-order valence-corrected chi connectivity index (χ2v) is 7.96. The van der Waals surface area contributed by atoms with E-state index in [9.17, 15) is 0 Å². The van der Waals surface area contributed by atoms with Crippen molar-refractivity contribution >= 4 is 11.5 Å². The van der Waals surface area contributed by atoms with E-state index in [4.69, 9.17) is 10.5 Å². The predicted molar refractivity (Wildman–Crippen MR) is 84.3 cm³/mol. The minimum absolute atomic E-state index is 0.283. The van der Waals surface area contributed by atoms with E-state index < -0.39 is 0 Å². The Balaban J connectivity index is 1.48. The molecule has 114 valence electrons. The highest BCUT2D eigenvalue weighted by atomic mass is 16.5. The number of ether oxygens (including phenoxy) is 1. The maximum atomic E-state index is 5.97. The number of nitrogen functional groups attached to an aromatic ring is 1. The third-order valence-electron chi connectivity index (χ3n) is 5.34. The zero-order chi connectivity index (χ0) is 14.8. The van der Waals surface area contributed by atoms with Crippen molar-refractivity contribution in [3.63, 3.8) is 0 Å². The molecule has 3 N–H and O–H groups in total. The number of hydrogen-bond donors (Lipinski definition) is 2. The monoisotopic (exact) mass is 287 g/mol. The third-order valence-corrected chi connectivity index (χ3v) is 5.34. The van der Waals surface area contributed by atoms with E-state index in [1.165, 1.54) is 19.3 Å². The summed E-state index contributed by atoms with van der Waals surface area (Å²) in [5.41, 5.74) is 6.29. The van der Waals surface area contributed by atoms with Crippen molar-refractivity contribution in [1.82, 2.24) is 4.98 Å². The molecule has 1 aromatic heterocycles. The maximum absolute atomic E-state index is 5.97. The van der Waals surface area contributed by atoms with Gasteiger partial charge in [-0.2, -0.15) is 4.98 Å². The average Bonchev–Trinajstić information content (AvgIpc) is 2.80. The van der Waals surface area contributed by atoms with Crippen molar-refractivity contribution in [3.05, 3.63) is 12.1 Å². The molecule has 0 aliphatic heterocycles. The van der Waals surface area contributed by atoms with E-state index in [2.05, 4.69) is 10.3 Å². The zero-order valence-corrected chi connectivity index (χ0v) is 13.1. The Hall–Kier alpha value is -1.45. The summed E-state index contributed by atoms with van der Waals surface area (Å²) in [4.78, 5) is 4.58. The molecule has 0 radical (unpaired) electrons. The Morgan fingerprint density at radius 3 is 2.48 bits per heavy atom. The summed E-state index contributed by atoms with van der Waals surface area (Å²) in [7, 11) is 0. The second-order valence-electron chi connectivity index (χ2n) is 7.96. The van der Waals surface area contributed by atoms with Crippen molar-refractivity contribution in [2.24, 2.45) is 23.7 Å². The number of anilines is 2. The van der Waals surface area contributed by atoms with Crippen LogP contribution < -0.4 is 15.8 Å². The van der Waals surface area contributed by atoms with Crippen molar-refractivity contribution in [2.45, 2.75) is 51.7 Å². The summed E-state index contributed by atoms with van der Waals surface area (Å²) in [5, 5.41) is 3.63. The molecule has 4 atom stereocenters. The van der Waals surface area contributed by atoms with E-state index in [1.54, 1.807) is 0 Å². The molecule has 3 aliphatic carbocycles. The average molecular weight is 287 g/mol. The van der Waals surface area contributed by atoms with Crippen LogP contribution >= 0.6 is 0 Å². The van der Waals surface area contributed by atoms with Crippen LogP contribution in [0.15, 0.2) is 12.1 Å². The summed E-state index contributed by atoms with van der Waals surface area (Å²) >= 11 is 0. The predicted octanol–water partition coefficient (Wildman–Crippen LogP) is 3.30. The molecule has 3 saturated carbocycles. The summed E-state index contributed by atoms with van der Waals surface area (Å²) in [6.07, 6.45) is 4.36. The topological polar surface area (TPSA) is 60.2 Å². The van der Waals surface area contributed by atoms with Gasteiger partial charge < -0.3 is 15.8 Å². The second kappa shape index (κ2) is 4.28. The number of aromatic nitrogens is 1. The number of nitrogens with zero attached hydrogens (tertiary/aromatic N) is 1. The lowest BCUT2D eigenvalue weighted by atomic mass is 10.0. The molecule has 4 heteroatoms. The van der Waals surface area contributed by atoms with Crippen LogP contribution in [0, 0.1) is 23.7 Å². The Morgan fingerprint density at radius 2 is 1.86 bits per heavy atom. The van der Waals surface area contributed by atoms with Gasteiger partial charge in [0.15, 0.2) is 0 Å². The van der Waals surface area contributed by atoms with Crippen LogP contribution in [0.2, 0.25) is 0 Å². The Kier molecular flexibility index (Phi) is 2.69. The zero-order valence-electron chi connectivity index (χ0n) is 13.1. The number of pyridine rings is 1. The fourth-order valence-corrected chi connectivity index (χ4v) is 4.59. The lowest BCUT2D eigenvalue weighted by molar-refractivity contribution is 0.125. The van der Waals surface area contributed by atoms with Crippen LogP contribution in [-0.4, -0.2) is 16.6 Å². The minimum atomic E-state index is -0.283. The summed E-state index contributed by atoms with van der Waals surface area (Å²) in [6.45, 7) is 6.03. The Bertz CT molecular complexity index is 550. The number of nitrogens with two attached hydrogens (primary N) is 1. The first-order chi connectivity index (χ1) is 9.92. The van der Waals surface area contributed by atoms with E-state index in [0.717, 1.165) is 29.5 Å². The van der Waals surface area contributed by atoms with Gasteiger partial charge in [0.25, 0.3) is 0 Å². The lowest BCUT2D eigenvalue weighted by Crippen LogP contribution is -2.24. The van der Waals surface area contributed by atoms with E-state index in [1.807, 2.05) is 32.9 Å². The molecular weight excluding hydrogens is 262 g/mol. The molecular formula is C17H25N3O. The molecule has 0 aromatic carbocycles. The molecule has 3 aliphatic rings.